The molecule has 1 amide bonds. The van der Waals surface area contributed by atoms with E-state index in [2.05, 4.69) is 5.32 Å². The van der Waals surface area contributed by atoms with Crippen LogP contribution in [-0.4, -0.2) is 74.5 Å². The Bertz CT molecular complexity index is 931. The average molecular weight is 481 g/mol. The van der Waals surface area contributed by atoms with Gasteiger partial charge < -0.3 is 33.7 Å². The third-order valence-corrected chi connectivity index (χ3v) is 4.64. The topological polar surface area (TPSA) is 153 Å². The molecule has 0 radical (unpaired) electrons. The number of amides is 1. The van der Waals surface area contributed by atoms with Crippen LogP contribution in [0.2, 0.25) is 0 Å². The minimum Gasteiger partial charge on any atom is -0.493 e. The monoisotopic (exact) mass is 481 g/mol. The molecule has 1 saturated heterocycles. The van der Waals surface area contributed by atoms with Crippen LogP contribution in [0.5, 0.6) is 11.5 Å². The molecule has 1 N–H and O–H groups in total. The molecule has 0 saturated carbocycles. The number of rotatable bonds is 9. The lowest BCUT2D eigenvalue weighted by atomic mass is 9.96. The van der Waals surface area contributed by atoms with Crippen molar-refractivity contribution in [3.8, 4) is 11.5 Å². The molecule has 0 aliphatic carbocycles. The number of hydrogen-bond donors (Lipinski definition) is 1. The largest absolute Gasteiger partial charge is 0.493 e. The predicted octanol–water partition coefficient (Wildman–Crippen LogP) is 0.543. The third-order valence-electron chi connectivity index (χ3n) is 4.64. The molecule has 0 aromatic heterocycles. The number of carbonyl (C=O) groups excluding carboxylic acids is 5. The van der Waals surface area contributed by atoms with Crippen LogP contribution < -0.4 is 14.8 Å². The van der Waals surface area contributed by atoms with Crippen LogP contribution in [0.3, 0.4) is 0 Å². The quantitative estimate of drug-likeness (QED) is 0.299. The number of hydrogen-bond acceptors (Lipinski definition) is 11. The van der Waals surface area contributed by atoms with E-state index in [1.165, 1.54) is 39.2 Å². The lowest BCUT2D eigenvalue weighted by Crippen LogP contribution is -2.67. The van der Waals surface area contributed by atoms with E-state index in [0.29, 0.717) is 11.8 Å². The SMILES string of the molecule is COc1cc(C=O)ccc1O[C@@H]1O[C@H](COC(C)=O)[C@H](OC(C)=O)[C@H](OC(C)=O)[C@H]1NC(C)=O. The first-order valence-electron chi connectivity index (χ1n) is 10.3. The molecular formula is C22H27NO11. The van der Waals surface area contributed by atoms with Crippen molar-refractivity contribution in [2.75, 3.05) is 13.7 Å². The number of carbonyl (C=O) groups is 5. The number of aldehydes is 1. The molecule has 0 unspecified atom stereocenters. The summed E-state index contributed by atoms with van der Waals surface area (Å²) >= 11 is 0. The molecule has 1 fully saturated rings. The van der Waals surface area contributed by atoms with Gasteiger partial charge in [-0.1, -0.05) is 0 Å². The van der Waals surface area contributed by atoms with Crippen molar-refractivity contribution in [2.45, 2.75) is 58.3 Å². The first kappa shape index (κ1) is 26.6. The van der Waals surface area contributed by atoms with E-state index >= 15 is 0 Å². The van der Waals surface area contributed by atoms with Gasteiger partial charge in [0, 0.05) is 33.3 Å². The fraction of sp³-hybridized carbons (Fsp3) is 0.500. The Morgan fingerprint density at radius 1 is 0.971 bits per heavy atom. The lowest BCUT2D eigenvalue weighted by Gasteiger charge is -2.44. The van der Waals surface area contributed by atoms with Crippen molar-refractivity contribution >= 4 is 30.1 Å². The van der Waals surface area contributed by atoms with E-state index in [1.54, 1.807) is 0 Å². The Balaban J connectivity index is 2.51. The Morgan fingerprint density at radius 2 is 1.62 bits per heavy atom. The van der Waals surface area contributed by atoms with Gasteiger partial charge in [-0.2, -0.15) is 0 Å². The van der Waals surface area contributed by atoms with Crippen LogP contribution in [-0.2, 0) is 38.1 Å². The predicted molar refractivity (Wildman–Crippen MR) is 113 cm³/mol. The van der Waals surface area contributed by atoms with E-state index in [9.17, 15) is 24.0 Å². The van der Waals surface area contributed by atoms with Crippen LogP contribution in [0.4, 0.5) is 0 Å². The Morgan fingerprint density at radius 3 is 2.15 bits per heavy atom. The van der Waals surface area contributed by atoms with Gasteiger partial charge in [-0.3, -0.25) is 24.0 Å². The highest BCUT2D eigenvalue weighted by Gasteiger charge is 2.52. The van der Waals surface area contributed by atoms with E-state index in [1.807, 2.05) is 0 Å². The van der Waals surface area contributed by atoms with Crippen molar-refractivity contribution in [3.05, 3.63) is 23.8 Å². The van der Waals surface area contributed by atoms with Crippen LogP contribution in [0, 0.1) is 0 Å². The van der Waals surface area contributed by atoms with Gasteiger partial charge in [0.05, 0.1) is 7.11 Å². The summed E-state index contributed by atoms with van der Waals surface area (Å²) in [5.74, 6) is -2.24. The maximum absolute atomic E-state index is 12.0. The van der Waals surface area contributed by atoms with Gasteiger partial charge in [-0.05, 0) is 18.2 Å². The number of methoxy groups -OCH3 is 1. The minimum absolute atomic E-state index is 0.146. The number of benzene rings is 1. The van der Waals surface area contributed by atoms with E-state index in [-0.39, 0.29) is 18.1 Å². The Labute approximate surface area is 195 Å². The first-order valence-corrected chi connectivity index (χ1v) is 10.3. The molecule has 2 rings (SSSR count). The summed E-state index contributed by atoms with van der Waals surface area (Å²) in [4.78, 5) is 58.1. The first-order chi connectivity index (χ1) is 16.0. The summed E-state index contributed by atoms with van der Waals surface area (Å²) in [6.07, 6.45) is -4.30. The van der Waals surface area contributed by atoms with E-state index in [0.717, 1.165) is 13.8 Å². The zero-order valence-electron chi connectivity index (χ0n) is 19.4. The van der Waals surface area contributed by atoms with E-state index in [4.69, 9.17) is 28.4 Å². The van der Waals surface area contributed by atoms with Crippen molar-refractivity contribution in [1.29, 1.82) is 0 Å². The molecule has 186 valence electrons. The molecule has 34 heavy (non-hydrogen) atoms. The van der Waals surface area contributed by atoms with Crippen molar-refractivity contribution < 1.29 is 52.4 Å². The Hall–Kier alpha value is -3.67. The van der Waals surface area contributed by atoms with Crippen LogP contribution in [0.1, 0.15) is 38.1 Å². The summed E-state index contributed by atoms with van der Waals surface area (Å²) in [7, 11) is 1.37. The zero-order valence-corrected chi connectivity index (χ0v) is 19.4. The van der Waals surface area contributed by atoms with Gasteiger partial charge in [-0.25, -0.2) is 0 Å². The number of esters is 3. The van der Waals surface area contributed by atoms with Crippen LogP contribution >= 0.6 is 0 Å². The maximum atomic E-state index is 12.0. The fourth-order valence-corrected chi connectivity index (χ4v) is 3.37. The van der Waals surface area contributed by atoms with Crippen LogP contribution in [0.15, 0.2) is 18.2 Å². The smallest absolute Gasteiger partial charge is 0.303 e. The molecule has 0 spiro atoms. The molecule has 1 aromatic carbocycles. The second-order valence-electron chi connectivity index (χ2n) is 7.37. The molecule has 1 aromatic rings. The third kappa shape index (κ3) is 7.17. The standard InChI is InChI=1S/C22H27NO11/c1-11(25)23-19-21(32-14(4)28)20(31-13(3)27)18(10-30-12(2)26)34-22(19)33-16-7-6-15(9-24)8-17(16)29-5/h6-9,18-22H,10H2,1-5H3,(H,23,25)/t18-,19-,20+,21-,22-/m1/s1. The second kappa shape index (κ2) is 12.0. The molecule has 5 atom stereocenters. The van der Waals surface area contributed by atoms with Crippen molar-refractivity contribution in [2.24, 2.45) is 0 Å². The highest BCUT2D eigenvalue weighted by Crippen LogP contribution is 2.33. The van der Waals surface area contributed by atoms with Crippen molar-refractivity contribution in [1.82, 2.24) is 5.32 Å². The molecule has 1 heterocycles. The highest BCUT2D eigenvalue weighted by molar-refractivity contribution is 5.76. The molecule has 0 bridgehead atoms. The average Bonchev–Trinajstić information content (AvgIpc) is 2.75. The summed E-state index contributed by atoms with van der Waals surface area (Å²) < 4.78 is 32.9. The lowest BCUT2D eigenvalue weighted by molar-refractivity contribution is -0.257. The molecule has 1 aliphatic heterocycles. The maximum Gasteiger partial charge on any atom is 0.303 e. The Kier molecular flexibility index (Phi) is 9.36. The summed E-state index contributed by atoms with van der Waals surface area (Å²) in [5.41, 5.74) is 0.326. The van der Waals surface area contributed by atoms with Gasteiger partial charge in [0.15, 0.2) is 23.7 Å². The van der Waals surface area contributed by atoms with Gasteiger partial charge in [0.1, 0.15) is 25.0 Å². The number of nitrogens with one attached hydrogen (secondary N) is 1. The van der Waals surface area contributed by atoms with Crippen LogP contribution in [0.25, 0.3) is 0 Å². The summed E-state index contributed by atoms with van der Waals surface area (Å²) in [6.45, 7) is 4.33. The fourth-order valence-electron chi connectivity index (χ4n) is 3.37. The molecule has 12 nitrogen and oxygen atoms in total. The number of ether oxygens (including phenoxy) is 6. The summed E-state index contributed by atoms with van der Waals surface area (Å²) in [6, 6.07) is 3.22. The van der Waals surface area contributed by atoms with E-state index < -0.39 is 54.5 Å². The second-order valence-corrected chi connectivity index (χ2v) is 7.37. The van der Waals surface area contributed by atoms with Gasteiger partial charge >= 0.3 is 17.9 Å². The van der Waals surface area contributed by atoms with Gasteiger partial charge in [-0.15, -0.1) is 0 Å². The zero-order chi connectivity index (χ0) is 25.4. The van der Waals surface area contributed by atoms with Gasteiger partial charge in [0.2, 0.25) is 12.2 Å². The van der Waals surface area contributed by atoms with Crippen molar-refractivity contribution in [3.63, 3.8) is 0 Å². The molecule has 12 heteroatoms. The molecular weight excluding hydrogens is 454 g/mol. The summed E-state index contributed by atoms with van der Waals surface area (Å²) in [5, 5.41) is 2.59. The van der Waals surface area contributed by atoms with Gasteiger partial charge in [0.25, 0.3) is 0 Å². The normalized spacial score (nSPS) is 23.7. The minimum atomic E-state index is -1.31. The molecule has 1 aliphatic rings. The highest BCUT2D eigenvalue weighted by atomic mass is 16.7.